The Labute approximate surface area is 120 Å². The number of aromatic nitrogens is 2. The van der Waals surface area contributed by atoms with Gasteiger partial charge in [-0.1, -0.05) is 6.07 Å². The number of nitrogens with zero attached hydrogens (tertiary/aromatic N) is 2. The zero-order chi connectivity index (χ0) is 13.0. The molecule has 4 nitrogen and oxygen atoms in total. The Morgan fingerprint density at radius 3 is 2.83 bits per heavy atom. The van der Waals surface area contributed by atoms with Crippen LogP contribution in [-0.4, -0.2) is 16.5 Å². The van der Waals surface area contributed by atoms with Crippen molar-refractivity contribution in [2.75, 3.05) is 11.9 Å². The van der Waals surface area contributed by atoms with E-state index in [0.29, 0.717) is 11.7 Å². The predicted octanol–water partition coefficient (Wildman–Crippen LogP) is 3.61. The summed E-state index contributed by atoms with van der Waals surface area (Å²) in [6, 6.07) is 9.65. The lowest BCUT2D eigenvalue weighted by Crippen LogP contribution is -2.02. The normalized spacial score (nSPS) is 10.2. The molecule has 2 aromatic rings. The fourth-order valence-electron chi connectivity index (χ4n) is 1.52. The third-order valence-corrected chi connectivity index (χ3v) is 2.86. The van der Waals surface area contributed by atoms with Gasteiger partial charge in [0, 0.05) is 16.2 Å². The maximum Gasteiger partial charge on any atom is 0.224 e. The molecule has 2 rings (SSSR count). The van der Waals surface area contributed by atoms with Gasteiger partial charge in [0.05, 0.1) is 0 Å². The molecule has 0 aliphatic rings. The van der Waals surface area contributed by atoms with Crippen LogP contribution in [0.4, 0.5) is 5.82 Å². The summed E-state index contributed by atoms with van der Waals surface area (Å²) in [5.41, 5.74) is 0. The molecule has 0 radical (unpaired) electrons. The van der Waals surface area contributed by atoms with Crippen LogP contribution in [-0.2, 0) is 0 Å². The minimum Gasteiger partial charge on any atom is -0.439 e. The fraction of sp³-hybridized carbons (Fsp3) is 0.231. The number of nitrogens with one attached hydrogen (secondary N) is 1. The SMILES string of the molecule is CCNc1cc(Oc2cccc(I)c2)nc(C)n1. The number of hydrogen-bond acceptors (Lipinski definition) is 4. The van der Waals surface area contributed by atoms with Crippen LogP contribution in [0.15, 0.2) is 30.3 Å². The predicted molar refractivity (Wildman–Crippen MR) is 80.2 cm³/mol. The Hall–Kier alpha value is -1.37. The second-order valence-corrected chi connectivity index (χ2v) is 4.97. The molecule has 18 heavy (non-hydrogen) atoms. The summed E-state index contributed by atoms with van der Waals surface area (Å²) in [7, 11) is 0. The molecule has 94 valence electrons. The van der Waals surface area contributed by atoms with E-state index >= 15 is 0 Å². The number of aryl methyl sites for hydroxylation is 1. The summed E-state index contributed by atoms with van der Waals surface area (Å²) in [6.07, 6.45) is 0. The van der Waals surface area contributed by atoms with Crippen molar-refractivity contribution in [1.29, 1.82) is 0 Å². The Morgan fingerprint density at radius 1 is 1.28 bits per heavy atom. The molecular formula is C13H14IN3O. The summed E-state index contributed by atoms with van der Waals surface area (Å²) in [6.45, 7) is 4.69. The maximum absolute atomic E-state index is 5.73. The van der Waals surface area contributed by atoms with Crippen molar-refractivity contribution in [3.8, 4) is 11.6 Å². The lowest BCUT2D eigenvalue weighted by atomic mass is 10.3. The van der Waals surface area contributed by atoms with Crippen LogP contribution >= 0.6 is 22.6 Å². The van der Waals surface area contributed by atoms with Gasteiger partial charge in [-0.2, -0.15) is 4.98 Å². The maximum atomic E-state index is 5.73. The van der Waals surface area contributed by atoms with Crippen molar-refractivity contribution in [1.82, 2.24) is 9.97 Å². The van der Waals surface area contributed by atoms with Gasteiger partial charge >= 0.3 is 0 Å². The number of anilines is 1. The Balaban J connectivity index is 2.23. The molecule has 0 spiro atoms. The van der Waals surface area contributed by atoms with Crippen molar-refractivity contribution in [3.63, 3.8) is 0 Å². The number of benzene rings is 1. The van der Waals surface area contributed by atoms with Crippen LogP contribution in [0.1, 0.15) is 12.7 Å². The second-order valence-electron chi connectivity index (χ2n) is 3.73. The van der Waals surface area contributed by atoms with Crippen LogP contribution in [0.25, 0.3) is 0 Å². The van der Waals surface area contributed by atoms with Gasteiger partial charge in [-0.05, 0) is 54.6 Å². The van der Waals surface area contributed by atoms with Crippen LogP contribution in [0, 0.1) is 10.5 Å². The first kappa shape index (κ1) is 13.1. The van der Waals surface area contributed by atoms with Gasteiger partial charge in [-0.15, -0.1) is 0 Å². The number of hydrogen-bond donors (Lipinski definition) is 1. The topological polar surface area (TPSA) is 47.0 Å². The van der Waals surface area contributed by atoms with E-state index in [1.165, 1.54) is 0 Å². The molecule has 1 N–H and O–H groups in total. The molecule has 1 aromatic heterocycles. The highest BCUT2D eigenvalue weighted by atomic mass is 127. The molecule has 0 aliphatic carbocycles. The molecule has 5 heteroatoms. The first-order valence-corrected chi connectivity index (χ1v) is 6.78. The lowest BCUT2D eigenvalue weighted by Gasteiger charge is -2.08. The number of halogens is 1. The van der Waals surface area contributed by atoms with Gasteiger partial charge in [0.1, 0.15) is 17.4 Å². The first-order valence-electron chi connectivity index (χ1n) is 5.70. The molecule has 0 saturated heterocycles. The largest absolute Gasteiger partial charge is 0.439 e. The van der Waals surface area contributed by atoms with Crippen LogP contribution < -0.4 is 10.1 Å². The molecule has 0 bridgehead atoms. The van der Waals surface area contributed by atoms with Crippen LogP contribution in [0.2, 0.25) is 0 Å². The number of rotatable bonds is 4. The third-order valence-electron chi connectivity index (χ3n) is 2.19. The summed E-state index contributed by atoms with van der Waals surface area (Å²) in [5.74, 6) is 2.81. The van der Waals surface area contributed by atoms with Gasteiger partial charge in [0.15, 0.2) is 0 Å². The van der Waals surface area contributed by atoms with E-state index < -0.39 is 0 Å². The van der Waals surface area contributed by atoms with E-state index in [4.69, 9.17) is 4.74 Å². The highest BCUT2D eigenvalue weighted by Crippen LogP contribution is 2.23. The third kappa shape index (κ3) is 3.56. The minimum absolute atomic E-state index is 0.556. The summed E-state index contributed by atoms with van der Waals surface area (Å²) in [5, 5.41) is 3.15. The fourth-order valence-corrected chi connectivity index (χ4v) is 2.03. The average Bonchev–Trinajstić information content (AvgIpc) is 2.28. The Morgan fingerprint density at radius 2 is 2.11 bits per heavy atom. The Bertz CT molecular complexity index is 546. The molecule has 0 saturated carbocycles. The molecule has 1 aromatic carbocycles. The average molecular weight is 355 g/mol. The zero-order valence-electron chi connectivity index (χ0n) is 10.3. The monoisotopic (exact) mass is 355 g/mol. The molecule has 0 amide bonds. The van der Waals surface area contributed by atoms with Crippen LogP contribution in [0.3, 0.4) is 0 Å². The molecular weight excluding hydrogens is 341 g/mol. The standard InChI is InChI=1S/C13H14IN3O/c1-3-15-12-8-13(17-9(2)16-12)18-11-6-4-5-10(14)7-11/h4-8H,3H2,1-2H3,(H,15,16,17). The molecule has 0 aliphatic heterocycles. The molecule has 1 heterocycles. The van der Waals surface area contributed by atoms with Crippen molar-refractivity contribution in [2.45, 2.75) is 13.8 Å². The minimum atomic E-state index is 0.556. The van der Waals surface area contributed by atoms with Crippen molar-refractivity contribution in [2.24, 2.45) is 0 Å². The first-order chi connectivity index (χ1) is 8.67. The quantitative estimate of drug-likeness (QED) is 0.852. The van der Waals surface area contributed by atoms with Gasteiger partial charge in [-0.3, -0.25) is 0 Å². The van der Waals surface area contributed by atoms with E-state index in [1.54, 1.807) is 6.07 Å². The summed E-state index contributed by atoms with van der Waals surface area (Å²) >= 11 is 2.25. The molecule has 0 atom stereocenters. The lowest BCUT2D eigenvalue weighted by molar-refractivity contribution is 0.460. The van der Waals surface area contributed by atoms with E-state index in [2.05, 4.69) is 37.9 Å². The van der Waals surface area contributed by atoms with Crippen LogP contribution in [0.5, 0.6) is 11.6 Å². The van der Waals surface area contributed by atoms with Gasteiger partial charge in [0.25, 0.3) is 0 Å². The van der Waals surface area contributed by atoms with Gasteiger partial charge < -0.3 is 10.1 Å². The van der Waals surface area contributed by atoms with Crippen molar-refractivity contribution in [3.05, 3.63) is 39.7 Å². The van der Waals surface area contributed by atoms with Gasteiger partial charge in [0.2, 0.25) is 5.88 Å². The zero-order valence-corrected chi connectivity index (χ0v) is 12.4. The van der Waals surface area contributed by atoms with E-state index in [1.807, 2.05) is 38.1 Å². The van der Waals surface area contributed by atoms with E-state index in [0.717, 1.165) is 21.7 Å². The highest BCUT2D eigenvalue weighted by molar-refractivity contribution is 14.1. The van der Waals surface area contributed by atoms with Gasteiger partial charge in [-0.25, -0.2) is 4.98 Å². The summed E-state index contributed by atoms with van der Waals surface area (Å²) in [4.78, 5) is 8.54. The van der Waals surface area contributed by atoms with E-state index in [-0.39, 0.29) is 0 Å². The Kier molecular flexibility index (Phi) is 4.35. The molecule has 0 fully saturated rings. The second kappa shape index (κ2) is 5.99. The van der Waals surface area contributed by atoms with Crippen molar-refractivity contribution < 1.29 is 4.74 Å². The smallest absolute Gasteiger partial charge is 0.224 e. The van der Waals surface area contributed by atoms with E-state index in [9.17, 15) is 0 Å². The van der Waals surface area contributed by atoms with Crippen molar-refractivity contribution >= 4 is 28.4 Å². The number of ether oxygens (including phenoxy) is 1. The molecule has 0 unspecified atom stereocenters. The summed E-state index contributed by atoms with van der Waals surface area (Å²) < 4.78 is 6.86. The highest BCUT2D eigenvalue weighted by Gasteiger charge is 2.04.